The Morgan fingerprint density at radius 1 is 0.929 bits per heavy atom. The molecule has 0 bridgehead atoms. The molecule has 0 fully saturated rings. The monoisotopic (exact) mass is 373 g/mol. The van der Waals surface area contributed by atoms with E-state index >= 15 is 0 Å². The lowest BCUT2D eigenvalue weighted by Crippen LogP contribution is -2.15. The van der Waals surface area contributed by atoms with E-state index in [1.807, 2.05) is 24.3 Å². The predicted molar refractivity (Wildman–Crippen MR) is 105 cm³/mol. The van der Waals surface area contributed by atoms with Gasteiger partial charge in [-0.15, -0.1) is 10.2 Å². The zero-order chi connectivity index (χ0) is 19.3. The Balaban J connectivity index is 1.44. The molecule has 2 aromatic heterocycles. The molecule has 0 aliphatic rings. The maximum Gasteiger partial charge on any atom is 0.276 e. The molecule has 0 aliphatic heterocycles. The first-order valence-corrected chi connectivity index (χ1v) is 8.67. The molecule has 0 unspecified atom stereocenters. The van der Waals surface area contributed by atoms with E-state index in [2.05, 4.69) is 25.8 Å². The van der Waals surface area contributed by atoms with E-state index in [0.29, 0.717) is 22.6 Å². The second-order valence-corrected chi connectivity index (χ2v) is 6.08. The lowest BCUT2D eigenvalue weighted by Gasteiger charge is -2.08. The second-order valence-electron chi connectivity index (χ2n) is 6.08. The number of halogens is 1. The van der Waals surface area contributed by atoms with Crippen molar-refractivity contribution in [2.75, 3.05) is 10.6 Å². The van der Waals surface area contributed by atoms with E-state index in [1.54, 1.807) is 42.6 Å². The highest BCUT2D eigenvalue weighted by atomic mass is 19.1. The first kappa shape index (κ1) is 17.5. The molecule has 1 amide bonds. The Labute approximate surface area is 160 Å². The average molecular weight is 373 g/mol. The highest BCUT2D eigenvalue weighted by Gasteiger charge is 2.11. The van der Waals surface area contributed by atoms with Crippen molar-refractivity contribution in [2.45, 2.75) is 6.54 Å². The third-order valence-electron chi connectivity index (χ3n) is 4.20. The molecule has 0 saturated carbocycles. The predicted octanol–water partition coefficient (Wildman–Crippen LogP) is 4.03. The normalized spacial score (nSPS) is 10.6. The summed E-state index contributed by atoms with van der Waals surface area (Å²) in [7, 11) is 0. The van der Waals surface area contributed by atoms with Gasteiger partial charge in [-0.1, -0.05) is 36.4 Å². The van der Waals surface area contributed by atoms with Gasteiger partial charge in [0, 0.05) is 23.7 Å². The van der Waals surface area contributed by atoms with Crippen LogP contribution in [-0.4, -0.2) is 21.1 Å². The van der Waals surface area contributed by atoms with Crippen LogP contribution < -0.4 is 10.6 Å². The fraction of sp³-hybridized carbons (Fsp3) is 0.0476. The molecule has 0 aliphatic carbocycles. The van der Waals surface area contributed by atoms with Gasteiger partial charge in [0.1, 0.15) is 11.6 Å². The third-order valence-corrected chi connectivity index (χ3v) is 4.20. The Morgan fingerprint density at radius 2 is 1.79 bits per heavy atom. The number of para-hydroxylation sites is 1. The smallest absolute Gasteiger partial charge is 0.276 e. The summed E-state index contributed by atoms with van der Waals surface area (Å²) in [6.07, 6.45) is 1.67. The molecule has 2 N–H and O–H groups in total. The number of rotatable bonds is 5. The van der Waals surface area contributed by atoms with Gasteiger partial charge in [0.25, 0.3) is 5.91 Å². The zero-order valence-electron chi connectivity index (χ0n) is 14.8. The van der Waals surface area contributed by atoms with Gasteiger partial charge >= 0.3 is 0 Å². The molecule has 28 heavy (non-hydrogen) atoms. The molecule has 0 radical (unpaired) electrons. The van der Waals surface area contributed by atoms with Gasteiger partial charge in [0.2, 0.25) is 0 Å². The zero-order valence-corrected chi connectivity index (χ0v) is 14.8. The van der Waals surface area contributed by atoms with Gasteiger partial charge in [0.15, 0.2) is 5.69 Å². The van der Waals surface area contributed by atoms with Crippen LogP contribution in [-0.2, 0) is 6.54 Å². The van der Waals surface area contributed by atoms with E-state index < -0.39 is 0 Å². The summed E-state index contributed by atoms with van der Waals surface area (Å²) < 4.78 is 13.6. The summed E-state index contributed by atoms with van der Waals surface area (Å²) in [4.78, 5) is 16.8. The minimum Gasteiger partial charge on any atom is -0.364 e. The minimum atomic E-state index is -0.383. The fourth-order valence-electron chi connectivity index (χ4n) is 2.77. The number of fused-ring (bicyclic) bond motifs is 1. The SMILES string of the molecule is O=C(Nc1cccc2cccnc12)c1ccc(NCc2ccccc2F)nn1. The highest BCUT2D eigenvalue weighted by Crippen LogP contribution is 2.21. The van der Waals surface area contributed by atoms with Crippen molar-refractivity contribution in [1.82, 2.24) is 15.2 Å². The second kappa shape index (κ2) is 7.79. The minimum absolute atomic E-state index is 0.171. The number of hydrogen-bond donors (Lipinski definition) is 2. The van der Waals surface area contributed by atoms with Crippen molar-refractivity contribution in [2.24, 2.45) is 0 Å². The maximum absolute atomic E-state index is 13.6. The molecular weight excluding hydrogens is 357 g/mol. The first-order valence-electron chi connectivity index (χ1n) is 8.67. The number of amides is 1. The van der Waals surface area contributed by atoms with Gasteiger partial charge in [-0.05, 0) is 30.3 Å². The third kappa shape index (κ3) is 3.78. The molecule has 2 heterocycles. The number of carbonyl (C=O) groups is 1. The lowest BCUT2D eigenvalue weighted by atomic mass is 10.2. The van der Waals surface area contributed by atoms with E-state index in [-0.39, 0.29) is 24.0 Å². The van der Waals surface area contributed by atoms with Crippen molar-refractivity contribution >= 4 is 28.3 Å². The van der Waals surface area contributed by atoms with Crippen LogP contribution in [0.4, 0.5) is 15.9 Å². The largest absolute Gasteiger partial charge is 0.364 e. The molecule has 4 rings (SSSR count). The van der Waals surface area contributed by atoms with E-state index in [1.165, 1.54) is 6.07 Å². The molecule has 6 nitrogen and oxygen atoms in total. The van der Waals surface area contributed by atoms with E-state index in [4.69, 9.17) is 0 Å². The Morgan fingerprint density at radius 3 is 2.61 bits per heavy atom. The Kier molecular flexibility index (Phi) is 4.88. The van der Waals surface area contributed by atoms with Crippen molar-refractivity contribution in [3.05, 3.63) is 90.0 Å². The van der Waals surface area contributed by atoms with Crippen LogP contribution in [0.5, 0.6) is 0 Å². The van der Waals surface area contributed by atoms with Crippen molar-refractivity contribution in [3.8, 4) is 0 Å². The van der Waals surface area contributed by atoms with Crippen LogP contribution in [0.25, 0.3) is 10.9 Å². The number of benzene rings is 2. The van der Waals surface area contributed by atoms with Crippen LogP contribution in [0.2, 0.25) is 0 Å². The maximum atomic E-state index is 13.6. The van der Waals surface area contributed by atoms with Crippen molar-refractivity contribution in [3.63, 3.8) is 0 Å². The molecule has 138 valence electrons. The average Bonchev–Trinajstić information content (AvgIpc) is 2.74. The highest BCUT2D eigenvalue weighted by molar-refractivity contribution is 6.07. The standard InChI is InChI=1S/C21H16FN5O/c22-16-8-2-1-5-15(16)13-24-19-11-10-18(26-27-19)21(28)25-17-9-3-6-14-7-4-12-23-20(14)17/h1-12H,13H2,(H,24,27)(H,25,28). The summed E-state index contributed by atoms with van der Waals surface area (Å²) >= 11 is 0. The van der Waals surface area contributed by atoms with E-state index in [0.717, 1.165) is 5.39 Å². The van der Waals surface area contributed by atoms with Crippen LogP contribution in [0.3, 0.4) is 0 Å². The quantitative estimate of drug-likeness (QED) is 0.552. The Hall–Kier alpha value is -3.87. The van der Waals surface area contributed by atoms with Gasteiger partial charge in [0.05, 0.1) is 11.2 Å². The Bertz CT molecular complexity index is 1130. The molecule has 0 spiro atoms. The number of aromatic nitrogens is 3. The number of carbonyl (C=O) groups excluding carboxylic acids is 1. The number of hydrogen-bond acceptors (Lipinski definition) is 5. The number of nitrogens with one attached hydrogen (secondary N) is 2. The van der Waals surface area contributed by atoms with Crippen LogP contribution in [0, 0.1) is 5.82 Å². The lowest BCUT2D eigenvalue weighted by molar-refractivity contribution is 0.102. The molecule has 0 saturated heterocycles. The van der Waals surface area contributed by atoms with Gasteiger partial charge in [-0.2, -0.15) is 0 Å². The molecular formula is C21H16FN5O. The van der Waals surface area contributed by atoms with Crippen molar-refractivity contribution in [1.29, 1.82) is 0 Å². The van der Waals surface area contributed by atoms with Gasteiger partial charge in [-0.25, -0.2) is 4.39 Å². The number of pyridine rings is 1. The molecule has 4 aromatic rings. The molecule has 7 heteroatoms. The molecule has 0 atom stereocenters. The van der Waals surface area contributed by atoms with Crippen LogP contribution in [0.1, 0.15) is 16.1 Å². The summed E-state index contributed by atoms with van der Waals surface area (Å²) in [5.41, 5.74) is 2.00. The summed E-state index contributed by atoms with van der Waals surface area (Å²) in [6, 6.07) is 19.0. The van der Waals surface area contributed by atoms with Gasteiger partial charge < -0.3 is 10.6 Å². The fourth-order valence-corrected chi connectivity index (χ4v) is 2.77. The van der Waals surface area contributed by atoms with E-state index in [9.17, 15) is 9.18 Å². The van der Waals surface area contributed by atoms with Gasteiger partial charge in [-0.3, -0.25) is 9.78 Å². The molecule has 2 aromatic carbocycles. The summed E-state index contributed by atoms with van der Waals surface area (Å²) in [6.45, 7) is 0.272. The van der Waals surface area contributed by atoms with Crippen LogP contribution >= 0.6 is 0 Å². The van der Waals surface area contributed by atoms with Crippen molar-refractivity contribution < 1.29 is 9.18 Å². The number of nitrogens with zero attached hydrogens (tertiary/aromatic N) is 3. The topological polar surface area (TPSA) is 79.8 Å². The first-order chi connectivity index (χ1) is 13.7. The summed E-state index contributed by atoms with van der Waals surface area (Å²) in [5.74, 6) is -0.222. The van der Waals surface area contributed by atoms with Crippen LogP contribution in [0.15, 0.2) is 72.9 Å². The summed E-state index contributed by atoms with van der Waals surface area (Å²) in [5, 5.41) is 14.7. The number of anilines is 2.